The Hall–Kier alpha value is -0.0800. The fraction of sp³-hybridized carbons (Fsp3) is 0.692. The van der Waals surface area contributed by atoms with Crippen molar-refractivity contribution in [3.05, 3.63) is 15.8 Å². The van der Waals surface area contributed by atoms with Crippen LogP contribution in [0.25, 0.3) is 0 Å². The smallest absolute Gasteiger partial charge is 0.241 e. The molecule has 1 aromatic heterocycles. The van der Waals surface area contributed by atoms with Crippen LogP contribution in [0.1, 0.15) is 30.5 Å². The molecule has 1 atom stereocenters. The SMILES string of the molecule is CCNCc1cc(S(=O)(=O)NC(C)CSCC)c(C)s1. The van der Waals surface area contributed by atoms with Gasteiger partial charge in [-0.05, 0) is 32.2 Å². The Labute approximate surface area is 130 Å². The molecule has 0 bridgehead atoms. The van der Waals surface area contributed by atoms with Gasteiger partial charge in [0.1, 0.15) is 0 Å². The maximum atomic E-state index is 12.4. The van der Waals surface area contributed by atoms with Crippen LogP contribution in [0.15, 0.2) is 11.0 Å². The molecule has 1 aromatic rings. The lowest BCUT2D eigenvalue weighted by Crippen LogP contribution is -2.34. The molecule has 1 rings (SSSR count). The van der Waals surface area contributed by atoms with Gasteiger partial charge < -0.3 is 5.32 Å². The number of rotatable bonds is 9. The zero-order valence-electron chi connectivity index (χ0n) is 12.5. The summed E-state index contributed by atoms with van der Waals surface area (Å²) in [5.41, 5.74) is 0. The zero-order chi connectivity index (χ0) is 15.2. The largest absolute Gasteiger partial charge is 0.312 e. The van der Waals surface area contributed by atoms with Crippen molar-refractivity contribution in [2.45, 2.75) is 45.2 Å². The number of hydrogen-bond donors (Lipinski definition) is 2. The fourth-order valence-corrected chi connectivity index (χ4v) is 5.41. The molecule has 4 nitrogen and oxygen atoms in total. The summed E-state index contributed by atoms with van der Waals surface area (Å²) in [5.74, 6) is 1.79. The van der Waals surface area contributed by atoms with Gasteiger partial charge in [0.25, 0.3) is 0 Å². The van der Waals surface area contributed by atoms with Crippen LogP contribution in [-0.2, 0) is 16.6 Å². The van der Waals surface area contributed by atoms with E-state index in [0.29, 0.717) is 4.90 Å². The van der Waals surface area contributed by atoms with Crippen LogP contribution in [0.4, 0.5) is 0 Å². The summed E-state index contributed by atoms with van der Waals surface area (Å²) in [6, 6.07) is 1.73. The third-order valence-electron chi connectivity index (χ3n) is 2.69. The Morgan fingerprint density at radius 3 is 2.70 bits per heavy atom. The van der Waals surface area contributed by atoms with Crippen molar-refractivity contribution in [3.8, 4) is 0 Å². The molecule has 1 unspecified atom stereocenters. The Kier molecular flexibility index (Phi) is 7.53. The van der Waals surface area contributed by atoms with E-state index in [1.54, 1.807) is 17.8 Å². The van der Waals surface area contributed by atoms with Gasteiger partial charge in [0.15, 0.2) is 0 Å². The van der Waals surface area contributed by atoms with E-state index >= 15 is 0 Å². The molecule has 0 amide bonds. The van der Waals surface area contributed by atoms with Crippen LogP contribution in [0.3, 0.4) is 0 Å². The first kappa shape index (κ1) is 18.0. The molecule has 1 heterocycles. The van der Waals surface area contributed by atoms with Crippen LogP contribution >= 0.6 is 23.1 Å². The van der Waals surface area contributed by atoms with Crippen LogP contribution in [-0.4, -0.2) is 32.5 Å². The Morgan fingerprint density at radius 1 is 1.40 bits per heavy atom. The highest BCUT2D eigenvalue weighted by molar-refractivity contribution is 7.99. The van der Waals surface area contributed by atoms with Gasteiger partial charge in [0, 0.05) is 28.1 Å². The number of sulfonamides is 1. The Bertz CT molecular complexity index is 512. The van der Waals surface area contributed by atoms with E-state index in [2.05, 4.69) is 17.0 Å². The van der Waals surface area contributed by atoms with Crippen molar-refractivity contribution < 1.29 is 8.42 Å². The Morgan fingerprint density at radius 2 is 2.10 bits per heavy atom. The minimum atomic E-state index is -3.41. The highest BCUT2D eigenvalue weighted by Gasteiger charge is 2.21. The van der Waals surface area contributed by atoms with Crippen molar-refractivity contribution in [2.75, 3.05) is 18.1 Å². The number of thioether (sulfide) groups is 1. The van der Waals surface area contributed by atoms with E-state index in [1.165, 1.54) is 11.3 Å². The standard InChI is InChI=1S/C13H24N2O2S3/c1-5-14-8-12-7-13(11(4)19-12)20(16,17)15-10(3)9-18-6-2/h7,10,14-15H,5-6,8-9H2,1-4H3. The van der Waals surface area contributed by atoms with Crippen LogP contribution < -0.4 is 10.0 Å². The summed E-state index contributed by atoms with van der Waals surface area (Å²) in [6.45, 7) is 9.47. The third kappa shape index (κ3) is 5.37. The van der Waals surface area contributed by atoms with Gasteiger partial charge in [0.2, 0.25) is 10.0 Å². The molecular formula is C13H24N2O2S3. The molecular weight excluding hydrogens is 312 g/mol. The van der Waals surface area contributed by atoms with Gasteiger partial charge in [-0.15, -0.1) is 11.3 Å². The van der Waals surface area contributed by atoms with Gasteiger partial charge in [0.05, 0.1) is 4.90 Å². The third-order valence-corrected chi connectivity index (χ3v) is 6.73. The lowest BCUT2D eigenvalue weighted by atomic mass is 10.4. The molecule has 116 valence electrons. The number of aryl methyl sites for hydroxylation is 1. The maximum Gasteiger partial charge on any atom is 0.241 e. The second kappa shape index (κ2) is 8.38. The molecule has 0 aliphatic carbocycles. The predicted octanol–water partition coefficient (Wildman–Crippen LogP) is 2.59. The first-order valence-corrected chi connectivity index (χ1v) is 10.3. The summed E-state index contributed by atoms with van der Waals surface area (Å²) < 4.78 is 27.5. The van der Waals surface area contributed by atoms with Gasteiger partial charge in [-0.3, -0.25) is 0 Å². The molecule has 0 aliphatic heterocycles. The van der Waals surface area contributed by atoms with Gasteiger partial charge in [-0.1, -0.05) is 13.8 Å². The Balaban J connectivity index is 2.78. The maximum absolute atomic E-state index is 12.4. The van der Waals surface area contributed by atoms with Crippen LogP contribution in [0.2, 0.25) is 0 Å². The average molecular weight is 337 g/mol. The summed E-state index contributed by atoms with van der Waals surface area (Å²) in [7, 11) is -3.41. The van der Waals surface area contributed by atoms with Crippen molar-refractivity contribution in [1.29, 1.82) is 0 Å². The number of nitrogens with one attached hydrogen (secondary N) is 2. The molecule has 0 saturated carbocycles. The van der Waals surface area contributed by atoms with Crippen molar-refractivity contribution in [3.63, 3.8) is 0 Å². The van der Waals surface area contributed by atoms with Crippen molar-refractivity contribution >= 4 is 33.1 Å². The second-order valence-corrected chi connectivity index (χ2v) is 8.94. The van der Waals surface area contributed by atoms with E-state index < -0.39 is 10.0 Å². The van der Waals surface area contributed by atoms with E-state index in [-0.39, 0.29) is 6.04 Å². The molecule has 0 aromatic carbocycles. The van der Waals surface area contributed by atoms with Crippen molar-refractivity contribution in [2.24, 2.45) is 0 Å². The zero-order valence-corrected chi connectivity index (χ0v) is 15.0. The van der Waals surface area contributed by atoms with E-state index in [0.717, 1.165) is 34.3 Å². The highest BCUT2D eigenvalue weighted by Crippen LogP contribution is 2.25. The quantitative estimate of drug-likeness (QED) is 0.728. The predicted molar refractivity (Wildman–Crippen MR) is 89.2 cm³/mol. The van der Waals surface area contributed by atoms with Gasteiger partial charge in [-0.2, -0.15) is 11.8 Å². The molecule has 0 saturated heterocycles. The molecule has 0 radical (unpaired) electrons. The van der Waals surface area contributed by atoms with E-state index in [4.69, 9.17) is 0 Å². The van der Waals surface area contributed by atoms with Gasteiger partial charge >= 0.3 is 0 Å². The summed E-state index contributed by atoms with van der Waals surface area (Å²) in [6.07, 6.45) is 0. The number of hydrogen-bond acceptors (Lipinski definition) is 5. The molecule has 0 spiro atoms. The monoisotopic (exact) mass is 336 g/mol. The normalized spacial score (nSPS) is 13.6. The molecule has 7 heteroatoms. The van der Waals surface area contributed by atoms with E-state index in [1.807, 2.05) is 20.8 Å². The van der Waals surface area contributed by atoms with Gasteiger partial charge in [-0.25, -0.2) is 13.1 Å². The second-order valence-electron chi connectivity index (χ2n) is 4.60. The number of thiophene rings is 1. The minimum Gasteiger partial charge on any atom is -0.312 e. The van der Waals surface area contributed by atoms with E-state index in [9.17, 15) is 8.42 Å². The lowest BCUT2D eigenvalue weighted by molar-refractivity contribution is 0.571. The summed E-state index contributed by atoms with van der Waals surface area (Å²) >= 11 is 3.28. The first-order chi connectivity index (χ1) is 9.40. The van der Waals surface area contributed by atoms with Crippen LogP contribution in [0, 0.1) is 6.92 Å². The summed E-state index contributed by atoms with van der Waals surface area (Å²) in [4.78, 5) is 2.32. The van der Waals surface area contributed by atoms with Crippen molar-refractivity contribution in [1.82, 2.24) is 10.0 Å². The lowest BCUT2D eigenvalue weighted by Gasteiger charge is -2.13. The highest BCUT2D eigenvalue weighted by atomic mass is 32.2. The molecule has 0 fully saturated rings. The topological polar surface area (TPSA) is 58.2 Å². The molecule has 20 heavy (non-hydrogen) atoms. The first-order valence-electron chi connectivity index (χ1n) is 6.80. The molecule has 2 N–H and O–H groups in total. The molecule has 0 aliphatic rings. The average Bonchev–Trinajstić information content (AvgIpc) is 2.75. The van der Waals surface area contributed by atoms with Crippen LogP contribution in [0.5, 0.6) is 0 Å². The fourth-order valence-electron chi connectivity index (χ4n) is 1.78. The minimum absolute atomic E-state index is 0.0542. The summed E-state index contributed by atoms with van der Waals surface area (Å²) in [5, 5.41) is 3.22.